The van der Waals surface area contributed by atoms with Crippen LogP contribution in [0.25, 0.3) is 71.3 Å². The van der Waals surface area contributed by atoms with E-state index >= 15 is 0 Å². The molecule has 0 bridgehead atoms. The van der Waals surface area contributed by atoms with Crippen LogP contribution in [0.3, 0.4) is 0 Å². The lowest BCUT2D eigenvalue weighted by atomic mass is 9.58. The molecule has 1 aliphatic heterocycles. The molecule has 1 aliphatic carbocycles. The normalized spacial score (nSPS) is 13.3. The summed E-state index contributed by atoms with van der Waals surface area (Å²) in [6, 6.07) is 79.1. The van der Waals surface area contributed by atoms with Gasteiger partial charge in [-0.1, -0.05) is 146 Å². The van der Waals surface area contributed by atoms with Crippen molar-refractivity contribution in [1.82, 2.24) is 4.57 Å². The van der Waals surface area contributed by atoms with Crippen molar-refractivity contribution < 1.29 is 9.15 Å². The maximum atomic E-state index is 6.79. The summed E-state index contributed by atoms with van der Waals surface area (Å²) in [6.45, 7) is 0. The Hall–Kier alpha value is -8.34. The van der Waals surface area contributed by atoms with Crippen LogP contribution in [0.1, 0.15) is 22.3 Å². The average Bonchev–Trinajstić information content (AvgIpc) is 3.89. The minimum absolute atomic E-state index is 0.686. The molecule has 294 valence electrons. The Morgan fingerprint density at radius 2 is 1.03 bits per heavy atom. The molecule has 12 aromatic rings. The molecule has 4 heteroatoms. The number of ether oxygens (including phenoxy) is 1. The number of aromatic nitrogens is 1. The standard InChI is InChI=1S/C59H36N2O2/c1-2-17-38(18-3-1)61-50-25-8-4-19-42(50)43-34-32-40(36-52(43)61)60(51-26-14-30-56-58(51)45-20-5-9-27-53(45)62-56)39-31-33-41-44-21-12-15-37-16-13-24-48(57(37)44)59(49(41)35-39)46-22-6-10-28-54(46)63-55-29-11-7-23-47(55)59/h1-36H. The van der Waals surface area contributed by atoms with Gasteiger partial charge in [0.2, 0.25) is 0 Å². The maximum absolute atomic E-state index is 6.79. The quantitative estimate of drug-likeness (QED) is 0.178. The van der Waals surface area contributed by atoms with Crippen molar-refractivity contribution in [3.63, 3.8) is 0 Å². The lowest BCUT2D eigenvalue weighted by Crippen LogP contribution is -2.36. The first kappa shape index (κ1) is 34.4. The lowest BCUT2D eigenvalue weighted by Gasteiger charge is -2.45. The number of nitrogens with zero attached hydrogens (tertiary/aromatic N) is 2. The molecule has 3 heterocycles. The number of fused-ring (bicyclic) bond motifs is 14. The molecular formula is C59H36N2O2. The molecule has 2 aromatic heterocycles. The molecule has 0 atom stereocenters. The van der Waals surface area contributed by atoms with Crippen LogP contribution in [0, 0.1) is 0 Å². The van der Waals surface area contributed by atoms with Gasteiger partial charge in [0.15, 0.2) is 0 Å². The number of rotatable bonds is 4. The number of para-hydroxylation sites is 5. The van der Waals surface area contributed by atoms with Crippen molar-refractivity contribution in [2.24, 2.45) is 0 Å². The Kier molecular flexibility index (Phi) is 7.01. The third-order valence-electron chi connectivity index (χ3n) is 13.6. The highest BCUT2D eigenvalue weighted by Gasteiger charge is 2.49. The number of furan rings is 1. The molecular weight excluding hydrogens is 769 g/mol. The third-order valence-corrected chi connectivity index (χ3v) is 13.6. The Morgan fingerprint density at radius 1 is 0.397 bits per heavy atom. The van der Waals surface area contributed by atoms with E-state index < -0.39 is 5.41 Å². The van der Waals surface area contributed by atoms with Gasteiger partial charge in [-0.3, -0.25) is 0 Å². The molecule has 2 aliphatic rings. The molecule has 0 unspecified atom stereocenters. The highest BCUT2D eigenvalue weighted by molar-refractivity contribution is 6.15. The molecule has 0 fully saturated rings. The summed E-state index contributed by atoms with van der Waals surface area (Å²) in [5.41, 5.74) is 14.8. The van der Waals surface area contributed by atoms with E-state index in [1.54, 1.807) is 0 Å². The first-order valence-electron chi connectivity index (χ1n) is 21.6. The van der Waals surface area contributed by atoms with Crippen LogP contribution in [0.15, 0.2) is 223 Å². The topological polar surface area (TPSA) is 30.5 Å². The van der Waals surface area contributed by atoms with Gasteiger partial charge in [0, 0.05) is 44.3 Å². The minimum atomic E-state index is -0.686. The Labute approximate surface area is 363 Å². The van der Waals surface area contributed by atoms with Gasteiger partial charge in [-0.15, -0.1) is 0 Å². The van der Waals surface area contributed by atoms with Crippen LogP contribution in [-0.4, -0.2) is 4.57 Å². The Morgan fingerprint density at radius 3 is 1.87 bits per heavy atom. The zero-order valence-corrected chi connectivity index (χ0v) is 34.0. The summed E-state index contributed by atoms with van der Waals surface area (Å²) in [5.74, 6) is 1.74. The van der Waals surface area contributed by atoms with E-state index in [-0.39, 0.29) is 0 Å². The summed E-state index contributed by atoms with van der Waals surface area (Å²) in [6.07, 6.45) is 0. The van der Waals surface area contributed by atoms with E-state index in [0.717, 1.165) is 72.8 Å². The highest BCUT2D eigenvalue weighted by Crippen LogP contribution is 2.62. The summed E-state index contributed by atoms with van der Waals surface area (Å²) < 4.78 is 15.8. The minimum Gasteiger partial charge on any atom is -0.457 e. The monoisotopic (exact) mass is 804 g/mol. The zero-order valence-electron chi connectivity index (χ0n) is 34.0. The second kappa shape index (κ2) is 12.8. The summed E-state index contributed by atoms with van der Waals surface area (Å²) in [5, 5.41) is 7.07. The first-order valence-corrected chi connectivity index (χ1v) is 21.6. The fourth-order valence-electron chi connectivity index (χ4n) is 11.1. The van der Waals surface area contributed by atoms with Crippen molar-refractivity contribution in [2.45, 2.75) is 5.41 Å². The van der Waals surface area contributed by atoms with Crippen molar-refractivity contribution in [2.75, 3.05) is 4.90 Å². The SMILES string of the molecule is c1ccc(-n2c3ccccc3c3ccc(N(c4ccc5c(c4)C4(c6ccccc6Oc6ccccc64)c4cccc6cccc-5c46)c4cccc5oc6ccccc6c45)cc32)cc1. The molecule has 0 N–H and O–H groups in total. The van der Waals surface area contributed by atoms with Crippen molar-refractivity contribution in [1.29, 1.82) is 0 Å². The zero-order chi connectivity index (χ0) is 41.2. The van der Waals surface area contributed by atoms with Gasteiger partial charge in [0.05, 0.1) is 27.5 Å². The van der Waals surface area contributed by atoms with Crippen LogP contribution in [0.5, 0.6) is 11.5 Å². The van der Waals surface area contributed by atoms with Crippen molar-refractivity contribution in [3.05, 3.63) is 241 Å². The fraction of sp³-hybridized carbons (Fsp3) is 0.0169. The molecule has 0 saturated heterocycles. The highest BCUT2D eigenvalue weighted by atomic mass is 16.5. The third kappa shape index (κ3) is 4.64. The van der Waals surface area contributed by atoms with Crippen molar-refractivity contribution in [3.8, 4) is 28.3 Å². The van der Waals surface area contributed by atoms with Crippen LogP contribution in [-0.2, 0) is 5.41 Å². The smallest absolute Gasteiger partial charge is 0.137 e. The van der Waals surface area contributed by atoms with Gasteiger partial charge >= 0.3 is 0 Å². The second-order valence-electron chi connectivity index (χ2n) is 16.8. The Balaban J connectivity index is 1.12. The molecule has 10 aromatic carbocycles. The number of benzene rings is 10. The molecule has 14 rings (SSSR count). The second-order valence-corrected chi connectivity index (χ2v) is 16.8. The molecule has 63 heavy (non-hydrogen) atoms. The molecule has 4 nitrogen and oxygen atoms in total. The van der Waals surface area contributed by atoms with Gasteiger partial charge in [-0.05, 0) is 106 Å². The van der Waals surface area contributed by atoms with E-state index in [1.807, 2.05) is 6.07 Å². The summed E-state index contributed by atoms with van der Waals surface area (Å²) in [7, 11) is 0. The van der Waals surface area contributed by atoms with Crippen LogP contribution < -0.4 is 9.64 Å². The van der Waals surface area contributed by atoms with Gasteiger partial charge in [0.1, 0.15) is 22.7 Å². The van der Waals surface area contributed by atoms with E-state index in [4.69, 9.17) is 9.15 Å². The Bertz CT molecular complexity index is 3810. The van der Waals surface area contributed by atoms with E-state index in [9.17, 15) is 0 Å². The summed E-state index contributed by atoms with van der Waals surface area (Å²) in [4.78, 5) is 2.45. The predicted octanol–water partition coefficient (Wildman–Crippen LogP) is 15.8. The van der Waals surface area contributed by atoms with E-state index in [2.05, 4.69) is 222 Å². The van der Waals surface area contributed by atoms with Gasteiger partial charge in [-0.25, -0.2) is 0 Å². The first-order chi connectivity index (χ1) is 31.3. The predicted molar refractivity (Wildman–Crippen MR) is 258 cm³/mol. The van der Waals surface area contributed by atoms with E-state index in [1.165, 1.54) is 49.3 Å². The van der Waals surface area contributed by atoms with Gasteiger partial charge in [-0.2, -0.15) is 0 Å². The van der Waals surface area contributed by atoms with Gasteiger partial charge < -0.3 is 18.6 Å². The van der Waals surface area contributed by atoms with Gasteiger partial charge in [0.25, 0.3) is 0 Å². The molecule has 0 amide bonds. The molecule has 0 radical (unpaired) electrons. The number of hydrogen-bond acceptors (Lipinski definition) is 3. The lowest BCUT2D eigenvalue weighted by molar-refractivity contribution is 0.435. The van der Waals surface area contributed by atoms with E-state index in [0.29, 0.717) is 0 Å². The largest absolute Gasteiger partial charge is 0.457 e. The number of hydrogen-bond donors (Lipinski definition) is 0. The number of anilines is 3. The van der Waals surface area contributed by atoms with Crippen LogP contribution >= 0.6 is 0 Å². The van der Waals surface area contributed by atoms with Crippen LogP contribution in [0.4, 0.5) is 17.1 Å². The average molecular weight is 805 g/mol. The molecule has 0 saturated carbocycles. The molecule has 1 spiro atoms. The maximum Gasteiger partial charge on any atom is 0.137 e. The van der Waals surface area contributed by atoms with Crippen LogP contribution in [0.2, 0.25) is 0 Å². The van der Waals surface area contributed by atoms with Crippen molar-refractivity contribution >= 4 is 71.6 Å². The summed E-state index contributed by atoms with van der Waals surface area (Å²) >= 11 is 0. The fourth-order valence-corrected chi connectivity index (χ4v) is 11.1.